The van der Waals surface area contributed by atoms with E-state index in [0.717, 1.165) is 12.1 Å². The van der Waals surface area contributed by atoms with Crippen LogP contribution in [-0.4, -0.2) is 9.55 Å². The molecule has 0 saturated heterocycles. The van der Waals surface area contributed by atoms with E-state index >= 15 is 0 Å². The van der Waals surface area contributed by atoms with Crippen molar-refractivity contribution in [1.82, 2.24) is 9.55 Å². The molecule has 0 amide bonds. The van der Waals surface area contributed by atoms with Gasteiger partial charge in [-0.2, -0.15) is 0 Å². The van der Waals surface area contributed by atoms with E-state index in [1.54, 1.807) is 0 Å². The maximum Gasteiger partial charge on any atom is 0.0995 e. The molecule has 2 rings (SSSR count). The van der Waals surface area contributed by atoms with Gasteiger partial charge >= 0.3 is 0 Å². The van der Waals surface area contributed by atoms with Crippen LogP contribution in [0.15, 0.2) is 42.9 Å². The molecule has 1 heterocycles. The summed E-state index contributed by atoms with van der Waals surface area (Å²) in [7, 11) is 0. The van der Waals surface area contributed by atoms with Crippen molar-refractivity contribution in [3.8, 4) is 5.69 Å². The summed E-state index contributed by atoms with van der Waals surface area (Å²) in [5.41, 5.74) is 2.33. The minimum Gasteiger partial charge on any atom is -0.306 e. The summed E-state index contributed by atoms with van der Waals surface area (Å²) in [5, 5.41) is 0. The van der Waals surface area contributed by atoms with Crippen LogP contribution in [0.4, 0.5) is 0 Å². The Morgan fingerprint density at radius 1 is 1.20 bits per heavy atom. The fourth-order valence-electron chi connectivity index (χ4n) is 1.63. The van der Waals surface area contributed by atoms with Crippen molar-refractivity contribution in [2.45, 2.75) is 20.3 Å². The number of hydrogen-bond donors (Lipinski definition) is 0. The van der Waals surface area contributed by atoms with E-state index in [1.165, 1.54) is 5.69 Å². The van der Waals surface area contributed by atoms with E-state index in [1.807, 2.05) is 24.5 Å². The first-order valence-corrected chi connectivity index (χ1v) is 5.34. The molecule has 0 aliphatic rings. The molecule has 0 unspecified atom stereocenters. The fraction of sp³-hybridized carbons (Fsp3) is 0.308. The molecule has 0 atom stereocenters. The molecule has 0 saturated carbocycles. The SMILES string of the molecule is CC(C)Cc1cn(-c2ccccc2)cn1. The van der Waals surface area contributed by atoms with Crippen molar-refractivity contribution < 1.29 is 0 Å². The molecule has 1 aromatic carbocycles. The molecule has 2 nitrogen and oxygen atoms in total. The van der Waals surface area contributed by atoms with Gasteiger partial charge in [-0.15, -0.1) is 0 Å². The quantitative estimate of drug-likeness (QED) is 0.744. The third-order valence-corrected chi connectivity index (χ3v) is 2.31. The molecule has 0 N–H and O–H groups in total. The number of rotatable bonds is 3. The average Bonchev–Trinajstić information content (AvgIpc) is 2.67. The molecule has 0 radical (unpaired) electrons. The molecule has 0 bridgehead atoms. The highest BCUT2D eigenvalue weighted by molar-refractivity contribution is 5.31. The monoisotopic (exact) mass is 200 g/mol. The molecule has 2 heteroatoms. The average molecular weight is 200 g/mol. The Bertz CT molecular complexity index is 415. The molecule has 78 valence electrons. The lowest BCUT2D eigenvalue weighted by atomic mass is 10.1. The van der Waals surface area contributed by atoms with Gasteiger partial charge in [0.1, 0.15) is 0 Å². The zero-order valence-corrected chi connectivity index (χ0v) is 9.22. The van der Waals surface area contributed by atoms with Crippen LogP contribution in [0.2, 0.25) is 0 Å². The molecule has 2 aromatic rings. The predicted octanol–water partition coefficient (Wildman–Crippen LogP) is 3.07. The fourth-order valence-corrected chi connectivity index (χ4v) is 1.63. The second-order valence-corrected chi connectivity index (χ2v) is 4.21. The van der Waals surface area contributed by atoms with Crippen molar-refractivity contribution in [3.05, 3.63) is 48.5 Å². The van der Waals surface area contributed by atoms with Gasteiger partial charge in [-0.3, -0.25) is 0 Å². The number of benzene rings is 1. The molecule has 15 heavy (non-hydrogen) atoms. The second-order valence-electron chi connectivity index (χ2n) is 4.21. The maximum absolute atomic E-state index is 4.40. The van der Waals surface area contributed by atoms with Gasteiger partial charge in [0.15, 0.2) is 0 Å². The number of imidazole rings is 1. The van der Waals surface area contributed by atoms with Gasteiger partial charge in [0, 0.05) is 11.9 Å². The first-order valence-electron chi connectivity index (χ1n) is 5.34. The maximum atomic E-state index is 4.40. The van der Waals surface area contributed by atoms with Gasteiger partial charge < -0.3 is 4.57 Å². The zero-order chi connectivity index (χ0) is 10.7. The summed E-state index contributed by atoms with van der Waals surface area (Å²) in [6.07, 6.45) is 5.03. The van der Waals surface area contributed by atoms with Crippen LogP contribution in [0, 0.1) is 5.92 Å². The minimum absolute atomic E-state index is 0.657. The summed E-state index contributed by atoms with van der Waals surface area (Å²) in [6, 6.07) is 10.3. The largest absolute Gasteiger partial charge is 0.306 e. The predicted molar refractivity (Wildman–Crippen MR) is 62.1 cm³/mol. The zero-order valence-electron chi connectivity index (χ0n) is 9.22. The standard InChI is InChI=1S/C13H16N2/c1-11(2)8-12-9-15(10-14-12)13-6-4-3-5-7-13/h3-7,9-11H,8H2,1-2H3. The summed E-state index contributed by atoms with van der Waals surface area (Å²) in [6.45, 7) is 4.42. The van der Waals surface area contributed by atoms with Crippen LogP contribution >= 0.6 is 0 Å². The third kappa shape index (κ3) is 2.46. The molecule has 0 aliphatic heterocycles. The van der Waals surface area contributed by atoms with Gasteiger partial charge in [-0.25, -0.2) is 4.98 Å². The molecule has 1 aromatic heterocycles. The number of para-hydroxylation sites is 1. The Labute approximate surface area is 90.6 Å². The third-order valence-electron chi connectivity index (χ3n) is 2.31. The van der Waals surface area contributed by atoms with Crippen molar-refractivity contribution in [1.29, 1.82) is 0 Å². The van der Waals surface area contributed by atoms with Crippen LogP contribution in [0.25, 0.3) is 5.69 Å². The lowest BCUT2D eigenvalue weighted by molar-refractivity contribution is 0.637. The Morgan fingerprint density at radius 3 is 2.60 bits per heavy atom. The summed E-state index contributed by atoms with van der Waals surface area (Å²) in [5.74, 6) is 0.657. The number of nitrogens with zero attached hydrogens (tertiary/aromatic N) is 2. The Balaban J connectivity index is 2.21. The summed E-state index contributed by atoms with van der Waals surface area (Å²) < 4.78 is 2.07. The topological polar surface area (TPSA) is 17.8 Å². The van der Waals surface area contributed by atoms with Gasteiger partial charge in [0.05, 0.1) is 12.0 Å². The molecule has 0 aliphatic carbocycles. The molecular weight excluding hydrogens is 184 g/mol. The summed E-state index contributed by atoms with van der Waals surface area (Å²) >= 11 is 0. The van der Waals surface area contributed by atoms with Crippen molar-refractivity contribution in [3.63, 3.8) is 0 Å². The van der Waals surface area contributed by atoms with E-state index in [0.29, 0.717) is 5.92 Å². The van der Waals surface area contributed by atoms with Crippen LogP contribution < -0.4 is 0 Å². The first-order chi connectivity index (χ1) is 7.25. The van der Waals surface area contributed by atoms with Crippen molar-refractivity contribution in [2.75, 3.05) is 0 Å². The van der Waals surface area contributed by atoms with Crippen LogP contribution in [-0.2, 0) is 6.42 Å². The van der Waals surface area contributed by atoms with Crippen LogP contribution in [0.5, 0.6) is 0 Å². The van der Waals surface area contributed by atoms with E-state index in [4.69, 9.17) is 0 Å². The van der Waals surface area contributed by atoms with Crippen molar-refractivity contribution >= 4 is 0 Å². The molecule has 0 spiro atoms. The van der Waals surface area contributed by atoms with E-state index in [-0.39, 0.29) is 0 Å². The normalized spacial score (nSPS) is 10.9. The Hall–Kier alpha value is -1.57. The minimum atomic E-state index is 0.657. The van der Waals surface area contributed by atoms with Gasteiger partial charge in [0.2, 0.25) is 0 Å². The van der Waals surface area contributed by atoms with Crippen molar-refractivity contribution in [2.24, 2.45) is 5.92 Å². The second kappa shape index (κ2) is 4.30. The van der Waals surface area contributed by atoms with Gasteiger partial charge in [-0.05, 0) is 24.5 Å². The number of aromatic nitrogens is 2. The number of hydrogen-bond acceptors (Lipinski definition) is 1. The summed E-state index contributed by atoms with van der Waals surface area (Å²) in [4.78, 5) is 4.40. The lowest BCUT2D eigenvalue weighted by Gasteiger charge is -2.01. The Kier molecular flexibility index (Phi) is 2.86. The van der Waals surface area contributed by atoms with Gasteiger partial charge in [-0.1, -0.05) is 32.0 Å². The highest BCUT2D eigenvalue weighted by Crippen LogP contribution is 2.10. The highest BCUT2D eigenvalue weighted by Gasteiger charge is 2.02. The van der Waals surface area contributed by atoms with Crippen LogP contribution in [0.1, 0.15) is 19.5 Å². The first kappa shape index (κ1) is 9.97. The van der Waals surface area contributed by atoms with E-state index in [2.05, 4.69) is 41.7 Å². The Morgan fingerprint density at radius 2 is 1.93 bits per heavy atom. The molecular formula is C13H16N2. The highest BCUT2D eigenvalue weighted by atomic mass is 15.0. The van der Waals surface area contributed by atoms with Gasteiger partial charge in [0.25, 0.3) is 0 Å². The smallest absolute Gasteiger partial charge is 0.0995 e. The lowest BCUT2D eigenvalue weighted by Crippen LogP contribution is -1.94. The molecule has 0 fully saturated rings. The van der Waals surface area contributed by atoms with E-state index in [9.17, 15) is 0 Å². The van der Waals surface area contributed by atoms with E-state index < -0.39 is 0 Å². The van der Waals surface area contributed by atoms with Crippen LogP contribution in [0.3, 0.4) is 0 Å².